The van der Waals surface area contributed by atoms with Gasteiger partial charge in [0, 0.05) is 627 Å². The minimum atomic E-state index is -1.82. The van der Waals surface area contributed by atoms with Crippen LogP contribution in [0.2, 0.25) is 0 Å². The fraction of sp³-hybridized carbons (Fsp3) is 0.961. The van der Waals surface area contributed by atoms with Gasteiger partial charge in [-0.3, -0.25) is 0 Å². The Hall–Kier alpha value is 17.3. The largest absolute Gasteiger partial charge is 0.394 e. The van der Waals surface area contributed by atoms with Crippen LogP contribution in [-0.4, -0.2) is 333 Å². The van der Waals surface area contributed by atoms with Crippen molar-refractivity contribution in [1.82, 2.24) is 0 Å². The Morgan fingerprint density at radius 2 is 0.716 bits per heavy atom. The minimum absolute atomic E-state index is 0. The number of ether oxygens (including phenoxy) is 16. The van der Waals surface area contributed by atoms with Crippen LogP contribution in [0.25, 0.3) is 20.9 Å². The number of azide groups is 2. The second-order valence-corrected chi connectivity index (χ2v) is 22.7. The third kappa shape index (κ3) is 41.6. The Bertz CT molecular complexity index is 2230. The van der Waals surface area contributed by atoms with Crippen LogP contribution in [0.1, 0.15) is 41.5 Å². The predicted molar refractivity (Wildman–Crippen MR) is 285 cm³/mol. The molecule has 0 aromatic heterocycles. The number of rotatable bonds is 21. The van der Waals surface area contributed by atoms with Gasteiger partial charge in [-0.15, -0.1) is 6.58 Å². The molecule has 8 heterocycles. The van der Waals surface area contributed by atoms with Gasteiger partial charge in [-0.05, 0) is 36.7 Å². The molecule has 8 saturated heterocycles. The Morgan fingerprint density at radius 3 is 1.09 bits per heavy atom. The molecule has 0 aromatic carbocycles. The molecule has 32 atom stereocenters. The molecular formula is C51H88Ac14N6O31. The van der Waals surface area contributed by atoms with Gasteiger partial charge in [-0.2, -0.15) is 0 Å². The van der Waals surface area contributed by atoms with E-state index in [9.17, 15) is 82.1 Å². The smallest absolute Gasteiger partial charge is 0.187 e. The van der Waals surface area contributed by atoms with Gasteiger partial charge in [0.15, 0.2) is 50.3 Å². The second kappa shape index (κ2) is 73.0. The molecule has 102 heavy (non-hydrogen) atoms. The van der Waals surface area contributed by atoms with Gasteiger partial charge in [0.2, 0.25) is 0 Å². The fourth-order valence-electron chi connectivity index (χ4n) is 10.4. The molecule has 0 bridgehead atoms. The standard InChI is InChI=1S/C24H41N3O15.C15H26O11.C12H21N3O5.14Ac/c1-8(2)6-36-22-13(26-27-25)21(20-12(40-22)7-35-9(3)37-20)42-24-18(34)16(32)19(11(5-29)39-24)41-23-17(33)15(31)14(30)10(4-28)38-23;1-2-3-23-14-12(22)10(20)13(7(5-17)25-14)26-15-11(21)9(19)8(18)6(4-16)24-15;1-6(2)4-18-12-9(14-15-13)10(16)11-8(20-12)5-17-7(3)19-11;;;;;;;;;;;;;;/h8-24,28-34H,4-7H2,1-3H3;2,6-22H,1,3-5H2;6-12,16H,4-5H2,1-3H3;;;;;;;;;;;;;;. The molecule has 550 valence electrons. The summed E-state index contributed by atoms with van der Waals surface area (Å²) in [5.74, 6) is 0.417. The molecule has 8 rings (SSSR count). The number of hydrogen-bond acceptors (Lipinski definition) is 33. The molecular weight excluding hydrogens is 4370 g/mol. The first-order chi connectivity index (χ1) is 41.9. The van der Waals surface area contributed by atoms with Crippen LogP contribution in [0.4, 0.5) is 0 Å². The molecule has 8 aliphatic rings. The molecule has 15 N–H and O–H groups in total. The van der Waals surface area contributed by atoms with E-state index in [4.69, 9.17) is 81.3 Å². The Labute approximate surface area is 1090 Å². The summed E-state index contributed by atoms with van der Waals surface area (Å²) in [4.78, 5) is 5.66. The Morgan fingerprint density at radius 1 is 0.392 bits per heavy atom. The van der Waals surface area contributed by atoms with E-state index in [1.165, 1.54) is 6.08 Å². The van der Waals surface area contributed by atoms with Crippen molar-refractivity contribution in [2.24, 2.45) is 22.1 Å². The van der Waals surface area contributed by atoms with Crippen molar-refractivity contribution in [2.75, 3.05) is 59.5 Å². The Balaban J connectivity index is -0.000000181. The van der Waals surface area contributed by atoms with Crippen LogP contribution in [0.15, 0.2) is 22.9 Å². The summed E-state index contributed by atoms with van der Waals surface area (Å²) >= 11 is 0. The van der Waals surface area contributed by atoms with E-state index in [1.807, 2.05) is 27.7 Å². The summed E-state index contributed by atoms with van der Waals surface area (Å²) < 4.78 is 89.4. The third-order valence-electron chi connectivity index (χ3n) is 15.1. The second-order valence-electron chi connectivity index (χ2n) is 22.7. The average molecular weight is 4460 g/mol. The minimum Gasteiger partial charge on any atom is -0.394 e. The molecule has 51 heteroatoms. The molecule has 0 amide bonds. The number of nitrogens with zero attached hydrogens (tertiary/aromatic N) is 6. The molecule has 32 unspecified atom stereocenters. The van der Waals surface area contributed by atoms with Gasteiger partial charge < -0.3 is 152 Å². The normalized spacial score (nSPS) is 39.8. The molecule has 14 radical (unpaired) electrons. The van der Waals surface area contributed by atoms with Gasteiger partial charge in [-0.1, -0.05) is 44.0 Å². The first-order valence-corrected chi connectivity index (χ1v) is 28.8. The summed E-state index contributed by atoms with van der Waals surface area (Å²) in [6, 6.07) is -1.95. The van der Waals surface area contributed by atoms with Gasteiger partial charge in [0.25, 0.3) is 0 Å². The third-order valence-corrected chi connectivity index (χ3v) is 15.1. The van der Waals surface area contributed by atoms with Crippen LogP contribution in [-0.2, 0) is 75.8 Å². The van der Waals surface area contributed by atoms with Gasteiger partial charge in [0.1, 0.15) is 140 Å². The fourth-order valence-corrected chi connectivity index (χ4v) is 10.4. The average Bonchev–Trinajstić information content (AvgIpc) is 0.782. The molecule has 8 fully saturated rings. The van der Waals surface area contributed by atoms with Crippen LogP contribution in [0, 0.1) is 629 Å². The van der Waals surface area contributed by atoms with Gasteiger partial charge in [0.05, 0.1) is 65.6 Å². The summed E-state index contributed by atoms with van der Waals surface area (Å²) in [5, 5.41) is 158. The van der Waals surface area contributed by atoms with E-state index in [0.29, 0.717) is 19.1 Å². The van der Waals surface area contributed by atoms with E-state index < -0.39 is 223 Å². The number of aliphatic hydroxyl groups excluding tert-OH is 15. The van der Waals surface area contributed by atoms with Crippen LogP contribution in [0.3, 0.4) is 0 Å². The van der Waals surface area contributed by atoms with Crippen LogP contribution in [0.5, 0.6) is 0 Å². The number of hydrogen-bond donors (Lipinski definition) is 15. The van der Waals surface area contributed by atoms with Gasteiger partial charge in [-0.25, -0.2) is 0 Å². The van der Waals surface area contributed by atoms with Crippen molar-refractivity contribution >= 4 is 0 Å². The predicted octanol–water partition coefficient (Wildman–Crippen LogP) is -6.17. The zero-order valence-electron chi connectivity index (χ0n) is 57.3. The Kier molecular flexibility index (Phi) is 98.3. The SMILES string of the molecule is C=CCOC1OC(CO)C(OC2OC(CO)C(O)C(O)C2O)C(O)C1O.CC(C)COC1OC2COC(C)OC2C(O)C1N=[N+]=[N-].CC(C)COC1OC2COC(C)OC2C(OC2OC(CO)C(OC3OC(CO)C(O)C(O)C3O)C(O)C2O)C1N=[N+]=[N-].[Ac].[Ac].[Ac].[Ac].[Ac].[Ac].[Ac].[Ac].[Ac].[Ac].[Ac].[Ac].[Ac].[Ac]. The maximum atomic E-state index is 11.0. The molecule has 0 spiro atoms. The van der Waals surface area contributed by atoms with E-state index >= 15 is 0 Å². The zero-order valence-corrected chi connectivity index (χ0v) is 124. The molecule has 37 nitrogen and oxygen atoms in total. The maximum absolute atomic E-state index is 11.0. The summed E-state index contributed by atoms with van der Waals surface area (Å²) in [6.45, 7) is 13.1. The first kappa shape index (κ1) is 137. The quantitative estimate of drug-likeness (QED) is 0.0220. The van der Waals surface area contributed by atoms with Crippen molar-refractivity contribution in [2.45, 2.75) is 238 Å². The molecule has 8 aliphatic heterocycles. The monoisotopic (exact) mass is 4460 g/mol. The summed E-state index contributed by atoms with van der Waals surface area (Å²) in [5.41, 5.74) is 18.0. The first-order valence-electron chi connectivity index (χ1n) is 28.8. The molecule has 0 saturated carbocycles. The van der Waals surface area contributed by atoms with E-state index in [2.05, 4.69) is 26.6 Å². The summed E-state index contributed by atoms with van der Waals surface area (Å²) in [6.07, 6.45) is -37.1. The van der Waals surface area contributed by atoms with E-state index in [-0.39, 0.29) is 643 Å². The molecule has 0 aliphatic carbocycles. The van der Waals surface area contributed by atoms with Crippen molar-refractivity contribution in [1.29, 1.82) is 0 Å². The van der Waals surface area contributed by atoms with Gasteiger partial charge >= 0.3 is 0 Å². The van der Waals surface area contributed by atoms with Crippen molar-refractivity contribution < 1.29 is 769 Å². The summed E-state index contributed by atoms with van der Waals surface area (Å²) in [7, 11) is 0. The number of fused-ring (bicyclic) bond motifs is 2. The van der Waals surface area contributed by atoms with Crippen molar-refractivity contribution in [3.63, 3.8) is 0 Å². The van der Waals surface area contributed by atoms with E-state index in [0.717, 1.165) is 0 Å². The maximum Gasteiger partial charge on any atom is 0.187 e. The number of aliphatic hydroxyl groups is 15. The van der Waals surface area contributed by atoms with Crippen molar-refractivity contribution in [3.8, 4) is 0 Å². The topological polar surface area (TPSA) is 549 Å². The van der Waals surface area contributed by atoms with Crippen LogP contribution < -0.4 is 0 Å². The van der Waals surface area contributed by atoms with Crippen molar-refractivity contribution in [3.05, 3.63) is 33.5 Å². The van der Waals surface area contributed by atoms with E-state index in [1.54, 1.807) is 13.8 Å². The molecule has 0 aromatic rings. The van der Waals surface area contributed by atoms with Crippen LogP contribution >= 0.6 is 0 Å². The zero-order chi connectivity index (χ0) is 64.8.